The zero-order valence-corrected chi connectivity index (χ0v) is 12.0. The van der Waals surface area contributed by atoms with Crippen molar-refractivity contribution in [3.8, 4) is 5.75 Å². The van der Waals surface area contributed by atoms with Crippen molar-refractivity contribution in [1.82, 2.24) is 4.90 Å². The average Bonchev–Trinajstić information content (AvgIpc) is 2.34. The summed E-state index contributed by atoms with van der Waals surface area (Å²) >= 11 is 0. The third kappa shape index (κ3) is 5.04. The van der Waals surface area contributed by atoms with E-state index >= 15 is 0 Å². The van der Waals surface area contributed by atoms with Crippen LogP contribution >= 0.6 is 0 Å². The molecular formula is C14H24N2O3. The van der Waals surface area contributed by atoms with Crippen LogP contribution in [0.3, 0.4) is 0 Å². The molecule has 0 aromatic carbocycles. The predicted molar refractivity (Wildman–Crippen MR) is 75.0 cm³/mol. The molecule has 5 nitrogen and oxygen atoms in total. The summed E-state index contributed by atoms with van der Waals surface area (Å²) in [6.45, 7) is 9.23. The van der Waals surface area contributed by atoms with Gasteiger partial charge < -0.3 is 15.3 Å². The molecule has 1 aromatic heterocycles. The van der Waals surface area contributed by atoms with Crippen LogP contribution in [0.25, 0.3) is 0 Å². The van der Waals surface area contributed by atoms with E-state index in [0.717, 1.165) is 25.8 Å². The summed E-state index contributed by atoms with van der Waals surface area (Å²) in [5, 5.41) is 9.17. The van der Waals surface area contributed by atoms with Crippen molar-refractivity contribution in [2.45, 2.75) is 33.7 Å². The molecule has 5 heteroatoms. The highest BCUT2D eigenvalue weighted by Crippen LogP contribution is 2.17. The van der Waals surface area contributed by atoms with E-state index in [2.05, 4.69) is 25.7 Å². The Hall–Kier alpha value is -1.33. The topological polar surface area (TPSA) is 79.7 Å². The summed E-state index contributed by atoms with van der Waals surface area (Å²) in [5.41, 5.74) is 5.37. The number of hydrogen-bond acceptors (Lipinski definition) is 5. The van der Waals surface area contributed by atoms with Gasteiger partial charge in [-0.1, -0.05) is 20.8 Å². The summed E-state index contributed by atoms with van der Waals surface area (Å²) < 4.78 is 5.24. The summed E-state index contributed by atoms with van der Waals surface area (Å²) in [4.78, 5) is 13.6. The zero-order chi connectivity index (χ0) is 14.5. The third-order valence-corrected chi connectivity index (χ3v) is 2.99. The summed E-state index contributed by atoms with van der Waals surface area (Å²) in [5.74, 6) is 0.206. The van der Waals surface area contributed by atoms with Crippen LogP contribution in [0.4, 0.5) is 0 Å². The summed E-state index contributed by atoms with van der Waals surface area (Å²) in [7, 11) is 0. The maximum Gasteiger partial charge on any atom is 0.226 e. The van der Waals surface area contributed by atoms with Crippen molar-refractivity contribution in [2.24, 2.45) is 11.1 Å². The van der Waals surface area contributed by atoms with Crippen LogP contribution in [-0.2, 0) is 6.54 Å². The minimum Gasteiger partial charge on any atom is -0.502 e. The van der Waals surface area contributed by atoms with Crippen LogP contribution in [-0.4, -0.2) is 29.6 Å². The molecule has 0 amide bonds. The van der Waals surface area contributed by atoms with Gasteiger partial charge in [-0.3, -0.25) is 9.69 Å². The van der Waals surface area contributed by atoms with Crippen molar-refractivity contribution in [3.05, 3.63) is 28.3 Å². The van der Waals surface area contributed by atoms with Crippen molar-refractivity contribution in [1.29, 1.82) is 0 Å². The van der Waals surface area contributed by atoms with Gasteiger partial charge in [0.15, 0.2) is 5.75 Å². The maximum atomic E-state index is 11.4. The Kier molecular flexibility index (Phi) is 5.57. The van der Waals surface area contributed by atoms with Crippen molar-refractivity contribution in [3.63, 3.8) is 0 Å². The smallest absolute Gasteiger partial charge is 0.226 e. The van der Waals surface area contributed by atoms with E-state index < -0.39 is 5.43 Å². The van der Waals surface area contributed by atoms with E-state index in [4.69, 9.17) is 15.3 Å². The van der Waals surface area contributed by atoms with Gasteiger partial charge in [-0.25, -0.2) is 0 Å². The van der Waals surface area contributed by atoms with E-state index in [1.54, 1.807) is 0 Å². The molecule has 108 valence electrons. The molecule has 0 aliphatic carbocycles. The van der Waals surface area contributed by atoms with E-state index in [0.29, 0.717) is 18.8 Å². The standard InChI is InChI=1S/C14H24N2O3/c1-4-5-16(10-14(2,3)9-15)7-11-6-12(17)13(18)8-19-11/h6,8,18H,4-5,7,9-10,15H2,1-3H3. The largest absolute Gasteiger partial charge is 0.502 e. The highest BCUT2D eigenvalue weighted by atomic mass is 16.4. The van der Waals surface area contributed by atoms with Gasteiger partial charge in [0.05, 0.1) is 6.54 Å². The number of nitrogens with two attached hydrogens (primary N) is 1. The number of rotatable bonds is 7. The Labute approximate surface area is 114 Å². The Balaban J connectivity index is 2.77. The van der Waals surface area contributed by atoms with Crippen LogP contribution in [0, 0.1) is 5.41 Å². The first-order valence-electron chi connectivity index (χ1n) is 6.61. The van der Waals surface area contributed by atoms with Crippen LogP contribution < -0.4 is 11.2 Å². The van der Waals surface area contributed by atoms with Gasteiger partial charge in [-0.2, -0.15) is 0 Å². The Morgan fingerprint density at radius 1 is 1.47 bits per heavy atom. The van der Waals surface area contributed by atoms with Crippen LogP contribution in [0.2, 0.25) is 0 Å². The van der Waals surface area contributed by atoms with Gasteiger partial charge in [0.1, 0.15) is 12.0 Å². The molecule has 0 aliphatic rings. The Bertz CT molecular complexity index is 454. The van der Waals surface area contributed by atoms with Crippen LogP contribution in [0.5, 0.6) is 5.75 Å². The van der Waals surface area contributed by atoms with Crippen molar-refractivity contribution >= 4 is 0 Å². The predicted octanol–water partition coefficient (Wildman–Crippen LogP) is 1.54. The van der Waals surface area contributed by atoms with Gasteiger partial charge in [0.2, 0.25) is 5.43 Å². The van der Waals surface area contributed by atoms with Gasteiger partial charge in [-0.15, -0.1) is 0 Å². The third-order valence-electron chi connectivity index (χ3n) is 2.99. The molecule has 1 aromatic rings. The summed E-state index contributed by atoms with van der Waals surface area (Å²) in [6.07, 6.45) is 2.11. The molecule has 19 heavy (non-hydrogen) atoms. The first-order valence-corrected chi connectivity index (χ1v) is 6.61. The van der Waals surface area contributed by atoms with Crippen molar-refractivity contribution < 1.29 is 9.52 Å². The molecule has 3 N–H and O–H groups in total. The molecule has 0 atom stereocenters. The minimum atomic E-state index is -0.407. The van der Waals surface area contributed by atoms with E-state index in [9.17, 15) is 4.79 Å². The fourth-order valence-corrected chi connectivity index (χ4v) is 1.95. The number of aromatic hydroxyl groups is 1. The highest BCUT2D eigenvalue weighted by molar-refractivity contribution is 5.15. The Morgan fingerprint density at radius 2 is 2.16 bits per heavy atom. The summed E-state index contributed by atoms with van der Waals surface area (Å²) in [6, 6.07) is 1.34. The number of hydrogen-bond donors (Lipinski definition) is 2. The second-order valence-corrected chi connectivity index (χ2v) is 5.67. The lowest BCUT2D eigenvalue weighted by atomic mass is 9.93. The molecule has 0 saturated carbocycles. The SMILES string of the molecule is CCCN(Cc1cc(=O)c(O)co1)CC(C)(C)CN. The molecule has 0 saturated heterocycles. The lowest BCUT2D eigenvalue weighted by molar-refractivity contribution is 0.164. The first-order chi connectivity index (χ1) is 8.88. The molecule has 0 bridgehead atoms. The maximum absolute atomic E-state index is 11.4. The quantitative estimate of drug-likeness (QED) is 0.784. The molecule has 0 spiro atoms. The molecule has 0 unspecified atom stereocenters. The van der Waals surface area contributed by atoms with Gasteiger partial charge in [-0.05, 0) is 24.9 Å². The van der Waals surface area contributed by atoms with Crippen LogP contribution in [0.1, 0.15) is 33.0 Å². The highest BCUT2D eigenvalue weighted by Gasteiger charge is 2.20. The van der Waals surface area contributed by atoms with E-state index in [1.807, 2.05) is 0 Å². The fraction of sp³-hybridized carbons (Fsp3) is 0.643. The fourth-order valence-electron chi connectivity index (χ4n) is 1.95. The lowest BCUT2D eigenvalue weighted by Gasteiger charge is -2.31. The van der Waals surface area contributed by atoms with E-state index in [-0.39, 0.29) is 11.2 Å². The second kappa shape index (κ2) is 6.73. The van der Waals surface area contributed by atoms with Gasteiger partial charge in [0.25, 0.3) is 0 Å². The molecule has 0 fully saturated rings. The normalized spacial score (nSPS) is 12.1. The lowest BCUT2D eigenvalue weighted by Crippen LogP contribution is -2.38. The Morgan fingerprint density at radius 3 is 2.68 bits per heavy atom. The molecule has 0 aliphatic heterocycles. The average molecular weight is 268 g/mol. The van der Waals surface area contributed by atoms with Gasteiger partial charge in [0, 0.05) is 12.6 Å². The van der Waals surface area contributed by atoms with Crippen molar-refractivity contribution in [2.75, 3.05) is 19.6 Å². The molecular weight excluding hydrogens is 244 g/mol. The van der Waals surface area contributed by atoms with Crippen LogP contribution in [0.15, 0.2) is 21.5 Å². The van der Waals surface area contributed by atoms with E-state index in [1.165, 1.54) is 6.07 Å². The minimum absolute atomic E-state index is 0.0202. The first kappa shape index (κ1) is 15.7. The van der Waals surface area contributed by atoms with Gasteiger partial charge >= 0.3 is 0 Å². The molecule has 0 radical (unpaired) electrons. The molecule has 1 heterocycles. The number of nitrogens with zero attached hydrogens (tertiary/aromatic N) is 1. The monoisotopic (exact) mass is 268 g/mol. The molecule has 1 rings (SSSR count). The zero-order valence-electron chi connectivity index (χ0n) is 12.0. The second-order valence-electron chi connectivity index (χ2n) is 5.67.